The lowest BCUT2D eigenvalue weighted by Crippen LogP contribution is -2.25. The first-order valence-corrected chi connectivity index (χ1v) is 9.25. The number of hydrogen-bond donors (Lipinski definition) is 0. The van der Waals surface area contributed by atoms with E-state index in [4.69, 9.17) is 4.74 Å². The minimum atomic E-state index is 0.0501. The first-order chi connectivity index (χ1) is 10.4. The second kappa shape index (κ2) is 6.39. The van der Waals surface area contributed by atoms with Gasteiger partial charge < -0.3 is 4.74 Å². The maximum atomic E-state index is 6.45. The molecular weight excluding hydrogens is 292 g/mol. The van der Waals surface area contributed by atoms with Crippen molar-refractivity contribution < 1.29 is 4.74 Å². The largest absolute Gasteiger partial charge is 0.492 e. The van der Waals surface area contributed by atoms with E-state index in [1.165, 1.54) is 16.7 Å². The third-order valence-corrected chi connectivity index (χ3v) is 4.22. The van der Waals surface area contributed by atoms with E-state index >= 15 is 0 Å². The molecule has 0 unspecified atom stereocenters. The average Bonchev–Trinajstić information content (AvgIpc) is 2.30. The summed E-state index contributed by atoms with van der Waals surface area (Å²) < 4.78 is 6.45. The van der Waals surface area contributed by atoms with Crippen LogP contribution >= 0.6 is 0 Å². The molecule has 0 amide bonds. The fourth-order valence-corrected chi connectivity index (χ4v) is 2.62. The Morgan fingerprint density at radius 3 is 1.25 bits per heavy atom. The third kappa shape index (κ3) is 5.53. The van der Waals surface area contributed by atoms with Crippen molar-refractivity contribution in [2.24, 2.45) is 5.41 Å². The van der Waals surface area contributed by atoms with Crippen molar-refractivity contribution >= 4 is 0 Å². The summed E-state index contributed by atoms with van der Waals surface area (Å²) >= 11 is 0. The zero-order chi connectivity index (χ0) is 19.1. The molecule has 1 aromatic carbocycles. The molecule has 0 aliphatic carbocycles. The van der Waals surface area contributed by atoms with Gasteiger partial charge in [-0.2, -0.15) is 0 Å². The predicted molar refractivity (Wildman–Crippen MR) is 107 cm³/mol. The standard InChI is InChI=1S/C23H40O/c1-20(2,3)15-24-19-17(22(7,8)9)13-16(21(4,5)6)14-18(19)23(10,11)12/h13-14H,15H2,1-12H3. The van der Waals surface area contributed by atoms with Gasteiger partial charge in [0.2, 0.25) is 0 Å². The van der Waals surface area contributed by atoms with Crippen molar-refractivity contribution in [1.82, 2.24) is 0 Å². The maximum Gasteiger partial charge on any atom is 0.126 e. The van der Waals surface area contributed by atoms with Crippen LogP contribution in [0, 0.1) is 5.41 Å². The molecule has 1 nitrogen and oxygen atoms in total. The van der Waals surface area contributed by atoms with Crippen LogP contribution in [0.5, 0.6) is 5.75 Å². The first kappa shape index (κ1) is 21.1. The van der Waals surface area contributed by atoms with Gasteiger partial charge in [0.05, 0.1) is 6.61 Å². The number of ether oxygens (including phenoxy) is 1. The Labute approximate surface area is 151 Å². The topological polar surface area (TPSA) is 9.23 Å². The fraction of sp³-hybridized carbons (Fsp3) is 0.739. The minimum absolute atomic E-state index is 0.0501. The molecule has 1 rings (SSSR count). The predicted octanol–water partition coefficient (Wildman–Crippen LogP) is 7.00. The van der Waals surface area contributed by atoms with Crippen molar-refractivity contribution in [3.8, 4) is 5.75 Å². The van der Waals surface area contributed by atoms with Gasteiger partial charge in [-0.25, -0.2) is 0 Å². The van der Waals surface area contributed by atoms with E-state index in [0.29, 0.717) is 0 Å². The van der Waals surface area contributed by atoms with Gasteiger partial charge in [0.25, 0.3) is 0 Å². The van der Waals surface area contributed by atoms with Gasteiger partial charge >= 0.3 is 0 Å². The van der Waals surface area contributed by atoms with Crippen LogP contribution in [-0.2, 0) is 16.2 Å². The average molecular weight is 333 g/mol. The molecule has 1 aromatic rings. The molecule has 0 radical (unpaired) electrons. The van der Waals surface area contributed by atoms with Crippen LogP contribution in [0.15, 0.2) is 12.1 Å². The van der Waals surface area contributed by atoms with Gasteiger partial charge in [-0.3, -0.25) is 0 Å². The molecule has 0 saturated heterocycles. The van der Waals surface area contributed by atoms with Crippen LogP contribution in [0.1, 0.15) is 99.8 Å². The summed E-state index contributed by atoms with van der Waals surface area (Å²) in [6.07, 6.45) is 0. The van der Waals surface area contributed by atoms with Gasteiger partial charge in [0, 0.05) is 11.1 Å². The zero-order valence-corrected chi connectivity index (χ0v) is 18.3. The molecular formula is C23H40O. The van der Waals surface area contributed by atoms with Crippen LogP contribution < -0.4 is 4.74 Å². The van der Waals surface area contributed by atoms with Crippen LogP contribution in [0.2, 0.25) is 0 Å². The molecule has 0 atom stereocenters. The molecule has 138 valence electrons. The van der Waals surface area contributed by atoms with Crippen molar-refractivity contribution in [3.05, 3.63) is 28.8 Å². The quantitative estimate of drug-likeness (QED) is 0.566. The third-order valence-electron chi connectivity index (χ3n) is 4.22. The SMILES string of the molecule is CC(C)(C)COc1c(C(C)(C)C)cc(C(C)(C)C)cc1C(C)(C)C. The summed E-state index contributed by atoms with van der Waals surface area (Å²) in [6.45, 7) is 28.0. The molecule has 0 aliphatic heterocycles. The molecule has 0 spiro atoms. The Morgan fingerprint density at radius 1 is 0.625 bits per heavy atom. The van der Waals surface area contributed by atoms with Crippen LogP contribution in [0.25, 0.3) is 0 Å². The van der Waals surface area contributed by atoms with E-state index < -0.39 is 0 Å². The molecule has 0 fully saturated rings. The first-order valence-electron chi connectivity index (χ1n) is 9.25. The van der Waals surface area contributed by atoms with Crippen LogP contribution in [0.4, 0.5) is 0 Å². The van der Waals surface area contributed by atoms with E-state index in [9.17, 15) is 0 Å². The molecule has 0 heterocycles. The van der Waals surface area contributed by atoms with E-state index in [-0.39, 0.29) is 21.7 Å². The number of benzene rings is 1. The van der Waals surface area contributed by atoms with Crippen LogP contribution in [-0.4, -0.2) is 6.61 Å². The summed E-state index contributed by atoms with van der Waals surface area (Å²) in [5.74, 6) is 1.10. The second-order valence-corrected chi connectivity index (χ2v) is 11.5. The molecule has 0 aromatic heterocycles. The Kier molecular flexibility index (Phi) is 5.61. The molecule has 0 aliphatic rings. The van der Waals surface area contributed by atoms with Crippen molar-refractivity contribution in [1.29, 1.82) is 0 Å². The molecule has 0 saturated carbocycles. The lowest BCUT2D eigenvalue weighted by Gasteiger charge is -2.34. The Morgan fingerprint density at radius 2 is 1.00 bits per heavy atom. The van der Waals surface area contributed by atoms with Gasteiger partial charge in [0.15, 0.2) is 0 Å². The van der Waals surface area contributed by atoms with Gasteiger partial charge in [0.1, 0.15) is 5.75 Å². The summed E-state index contributed by atoms with van der Waals surface area (Å²) in [4.78, 5) is 0. The summed E-state index contributed by atoms with van der Waals surface area (Å²) in [6, 6.07) is 4.74. The lowest BCUT2D eigenvalue weighted by molar-refractivity contribution is 0.191. The highest BCUT2D eigenvalue weighted by Gasteiger charge is 2.30. The molecule has 0 bridgehead atoms. The molecule has 0 N–H and O–H groups in total. The highest BCUT2D eigenvalue weighted by atomic mass is 16.5. The van der Waals surface area contributed by atoms with E-state index in [2.05, 4.69) is 95.2 Å². The van der Waals surface area contributed by atoms with Crippen molar-refractivity contribution in [2.45, 2.75) is 99.3 Å². The van der Waals surface area contributed by atoms with Crippen molar-refractivity contribution in [3.63, 3.8) is 0 Å². The lowest BCUT2D eigenvalue weighted by atomic mass is 9.74. The fourth-order valence-electron chi connectivity index (χ4n) is 2.62. The van der Waals surface area contributed by atoms with E-state index in [0.717, 1.165) is 12.4 Å². The Balaban J connectivity index is 3.68. The summed E-state index contributed by atoms with van der Waals surface area (Å²) in [5, 5.41) is 0. The molecule has 1 heteroatoms. The van der Waals surface area contributed by atoms with Crippen molar-refractivity contribution in [2.75, 3.05) is 6.61 Å². The highest BCUT2D eigenvalue weighted by molar-refractivity contribution is 5.52. The monoisotopic (exact) mass is 332 g/mol. The second-order valence-electron chi connectivity index (χ2n) is 11.5. The van der Waals surface area contributed by atoms with E-state index in [1.54, 1.807) is 0 Å². The summed E-state index contributed by atoms with van der Waals surface area (Å²) in [5.41, 5.74) is 4.41. The molecule has 24 heavy (non-hydrogen) atoms. The van der Waals surface area contributed by atoms with Gasteiger partial charge in [-0.05, 0) is 27.2 Å². The van der Waals surface area contributed by atoms with Crippen LogP contribution in [0.3, 0.4) is 0 Å². The summed E-state index contributed by atoms with van der Waals surface area (Å²) in [7, 11) is 0. The minimum Gasteiger partial charge on any atom is -0.492 e. The number of hydrogen-bond acceptors (Lipinski definition) is 1. The van der Waals surface area contributed by atoms with Gasteiger partial charge in [-0.1, -0.05) is 95.2 Å². The Hall–Kier alpha value is -0.980. The highest BCUT2D eigenvalue weighted by Crippen LogP contribution is 2.43. The van der Waals surface area contributed by atoms with Gasteiger partial charge in [-0.15, -0.1) is 0 Å². The number of rotatable bonds is 2. The normalized spacial score (nSPS) is 14.0. The Bertz CT molecular complexity index is 531. The maximum absolute atomic E-state index is 6.45. The zero-order valence-electron chi connectivity index (χ0n) is 18.3. The van der Waals surface area contributed by atoms with E-state index in [1.807, 2.05) is 0 Å². The smallest absolute Gasteiger partial charge is 0.126 e.